The molecule has 1 aliphatic rings. The Balaban J connectivity index is 1.93. The number of carbonyl (C=O) groups is 2. The molecular formula is C21H12BrClO2. The molecule has 0 saturated heterocycles. The summed E-state index contributed by atoms with van der Waals surface area (Å²) in [6.45, 7) is 0. The Morgan fingerprint density at radius 1 is 0.720 bits per heavy atom. The molecule has 0 fully saturated rings. The van der Waals surface area contributed by atoms with Gasteiger partial charge in [-0.05, 0) is 28.8 Å². The smallest absolute Gasteiger partial charge is 0.193 e. The predicted octanol–water partition coefficient (Wildman–Crippen LogP) is 5.68. The van der Waals surface area contributed by atoms with E-state index < -0.39 is 4.32 Å². The van der Waals surface area contributed by atoms with Crippen LogP contribution in [0, 0.1) is 0 Å². The largest absolute Gasteiger partial charge is 0.292 e. The van der Waals surface area contributed by atoms with E-state index in [0.717, 1.165) is 11.1 Å². The zero-order valence-electron chi connectivity index (χ0n) is 13.0. The van der Waals surface area contributed by atoms with Crippen molar-refractivity contribution in [3.8, 4) is 11.1 Å². The fraction of sp³-hybridized carbons (Fsp3) is 0.0476. The Kier molecular flexibility index (Phi) is 3.86. The van der Waals surface area contributed by atoms with Gasteiger partial charge >= 0.3 is 0 Å². The van der Waals surface area contributed by atoms with E-state index in [1.54, 1.807) is 30.3 Å². The lowest BCUT2D eigenvalue weighted by molar-refractivity contribution is 0.0871. The molecule has 3 aromatic rings. The monoisotopic (exact) mass is 410 g/mol. The first-order valence-corrected chi connectivity index (χ1v) is 8.93. The fourth-order valence-electron chi connectivity index (χ4n) is 3.25. The summed E-state index contributed by atoms with van der Waals surface area (Å²) in [5.74, 6) is -0.484. The summed E-state index contributed by atoms with van der Waals surface area (Å²) in [6.07, 6.45) is 0. The molecule has 0 N–H and O–H groups in total. The molecule has 1 unspecified atom stereocenters. The molecule has 25 heavy (non-hydrogen) atoms. The summed E-state index contributed by atoms with van der Waals surface area (Å²) in [4.78, 5) is 26.4. The van der Waals surface area contributed by atoms with Crippen LogP contribution in [0.3, 0.4) is 0 Å². The van der Waals surface area contributed by atoms with Crippen molar-refractivity contribution in [1.29, 1.82) is 0 Å². The van der Waals surface area contributed by atoms with Crippen LogP contribution in [-0.4, -0.2) is 11.6 Å². The Morgan fingerprint density at radius 3 is 2.04 bits per heavy atom. The number of rotatable bonds is 2. The first-order chi connectivity index (χ1) is 12.0. The summed E-state index contributed by atoms with van der Waals surface area (Å²) in [5.41, 5.74) is 3.17. The standard InChI is InChI=1S/C21H12BrClO2/c22-21(14-9-11-15(23)12-10-14)19(24)17-8-4-7-16(18(17)20(21)25)13-5-2-1-3-6-13/h1-12H. The molecule has 2 nitrogen and oxygen atoms in total. The molecule has 4 rings (SSSR count). The van der Waals surface area contributed by atoms with E-state index in [9.17, 15) is 9.59 Å². The number of halogens is 2. The number of benzene rings is 3. The molecule has 0 saturated carbocycles. The van der Waals surface area contributed by atoms with Gasteiger partial charge in [-0.1, -0.05) is 88.2 Å². The highest BCUT2D eigenvalue weighted by Crippen LogP contribution is 2.47. The Labute approximate surface area is 158 Å². The van der Waals surface area contributed by atoms with Crippen molar-refractivity contribution in [2.75, 3.05) is 0 Å². The highest BCUT2D eigenvalue weighted by Gasteiger charge is 2.53. The van der Waals surface area contributed by atoms with Crippen LogP contribution in [0.2, 0.25) is 5.02 Å². The van der Waals surface area contributed by atoms with Crippen molar-refractivity contribution >= 4 is 39.1 Å². The maximum absolute atomic E-state index is 13.3. The van der Waals surface area contributed by atoms with Gasteiger partial charge in [-0.3, -0.25) is 9.59 Å². The van der Waals surface area contributed by atoms with Crippen LogP contribution in [0.15, 0.2) is 72.8 Å². The van der Waals surface area contributed by atoms with Gasteiger partial charge in [0.2, 0.25) is 0 Å². The van der Waals surface area contributed by atoms with Crippen LogP contribution in [0.1, 0.15) is 26.3 Å². The Morgan fingerprint density at radius 2 is 1.36 bits per heavy atom. The third-order valence-electron chi connectivity index (χ3n) is 4.49. The number of hydrogen-bond donors (Lipinski definition) is 0. The van der Waals surface area contributed by atoms with Crippen molar-refractivity contribution in [2.45, 2.75) is 4.32 Å². The number of hydrogen-bond acceptors (Lipinski definition) is 2. The lowest BCUT2D eigenvalue weighted by Crippen LogP contribution is -2.31. The first-order valence-electron chi connectivity index (χ1n) is 7.76. The number of Topliss-reactive ketones (excluding diaryl/α,β-unsaturated/α-hetero) is 2. The number of alkyl halides is 1. The molecule has 3 aromatic carbocycles. The van der Waals surface area contributed by atoms with Gasteiger partial charge in [-0.2, -0.15) is 0 Å². The molecular weight excluding hydrogens is 400 g/mol. The molecule has 0 spiro atoms. The van der Waals surface area contributed by atoms with E-state index in [1.165, 1.54) is 0 Å². The summed E-state index contributed by atoms with van der Waals surface area (Å²) >= 11 is 9.40. The quantitative estimate of drug-likeness (QED) is 0.402. The molecule has 4 heteroatoms. The zero-order valence-corrected chi connectivity index (χ0v) is 15.3. The van der Waals surface area contributed by atoms with Crippen LogP contribution in [0.4, 0.5) is 0 Å². The lowest BCUT2D eigenvalue weighted by atomic mass is 9.92. The maximum atomic E-state index is 13.3. The van der Waals surface area contributed by atoms with Crippen LogP contribution in [-0.2, 0) is 4.32 Å². The number of fused-ring (bicyclic) bond motifs is 1. The molecule has 1 atom stereocenters. The molecule has 0 heterocycles. The molecule has 0 aromatic heterocycles. The van der Waals surface area contributed by atoms with Crippen LogP contribution < -0.4 is 0 Å². The molecule has 0 radical (unpaired) electrons. The lowest BCUT2D eigenvalue weighted by Gasteiger charge is -2.19. The Hall–Kier alpha value is -2.23. The van der Waals surface area contributed by atoms with E-state index >= 15 is 0 Å². The summed E-state index contributed by atoms with van der Waals surface area (Å²) in [5, 5.41) is 0.556. The van der Waals surface area contributed by atoms with E-state index in [4.69, 9.17) is 11.6 Å². The second-order valence-corrected chi connectivity index (χ2v) is 7.54. The second kappa shape index (κ2) is 5.94. The minimum atomic E-state index is -1.40. The van der Waals surface area contributed by atoms with Crippen molar-refractivity contribution in [2.24, 2.45) is 0 Å². The summed E-state index contributed by atoms with van der Waals surface area (Å²) in [6, 6.07) is 21.8. The van der Waals surface area contributed by atoms with Gasteiger partial charge in [0.05, 0.1) is 0 Å². The predicted molar refractivity (Wildman–Crippen MR) is 103 cm³/mol. The maximum Gasteiger partial charge on any atom is 0.193 e. The Bertz CT molecular complexity index is 996. The van der Waals surface area contributed by atoms with Crippen molar-refractivity contribution in [3.05, 3.63) is 94.5 Å². The van der Waals surface area contributed by atoms with Crippen LogP contribution >= 0.6 is 27.5 Å². The van der Waals surface area contributed by atoms with E-state index in [-0.39, 0.29) is 11.6 Å². The number of ketones is 2. The summed E-state index contributed by atoms with van der Waals surface area (Å²) < 4.78 is -1.40. The van der Waals surface area contributed by atoms with E-state index in [1.807, 2.05) is 42.5 Å². The zero-order chi connectivity index (χ0) is 17.6. The molecule has 0 aliphatic heterocycles. The van der Waals surface area contributed by atoms with Crippen molar-refractivity contribution in [3.63, 3.8) is 0 Å². The van der Waals surface area contributed by atoms with Gasteiger partial charge in [0.25, 0.3) is 0 Å². The van der Waals surface area contributed by atoms with Gasteiger partial charge in [0, 0.05) is 16.1 Å². The average Bonchev–Trinajstić information content (AvgIpc) is 2.85. The molecule has 0 bridgehead atoms. The molecule has 0 amide bonds. The van der Waals surface area contributed by atoms with Gasteiger partial charge in [0.15, 0.2) is 15.9 Å². The van der Waals surface area contributed by atoms with Gasteiger partial charge < -0.3 is 0 Å². The van der Waals surface area contributed by atoms with Crippen molar-refractivity contribution < 1.29 is 9.59 Å². The van der Waals surface area contributed by atoms with Crippen LogP contribution in [0.25, 0.3) is 11.1 Å². The normalized spacial score (nSPS) is 19.1. The average molecular weight is 412 g/mol. The van der Waals surface area contributed by atoms with Crippen LogP contribution in [0.5, 0.6) is 0 Å². The SMILES string of the molecule is O=C1c2cccc(-c3ccccc3)c2C(=O)C1(Br)c1ccc(Cl)cc1. The van der Waals surface area contributed by atoms with E-state index in [2.05, 4.69) is 15.9 Å². The minimum Gasteiger partial charge on any atom is -0.292 e. The third-order valence-corrected chi connectivity index (χ3v) is 5.92. The van der Waals surface area contributed by atoms with Gasteiger partial charge in [-0.25, -0.2) is 0 Å². The topological polar surface area (TPSA) is 34.1 Å². The van der Waals surface area contributed by atoms with Gasteiger partial charge in [0.1, 0.15) is 0 Å². The highest BCUT2D eigenvalue weighted by atomic mass is 79.9. The number of carbonyl (C=O) groups excluding carboxylic acids is 2. The third kappa shape index (κ3) is 2.38. The molecule has 1 aliphatic carbocycles. The highest BCUT2D eigenvalue weighted by molar-refractivity contribution is 9.10. The van der Waals surface area contributed by atoms with E-state index in [0.29, 0.717) is 21.7 Å². The van der Waals surface area contributed by atoms with Gasteiger partial charge in [-0.15, -0.1) is 0 Å². The minimum absolute atomic E-state index is 0.241. The fourth-order valence-corrected chi connectivity index (χ4v) is 4.05. The summed E-state index contributed by atoms with van der Waals surface area (Å²) in [7, 11) is 0. The first kappa shape index (κ1) is 16.2. The van der Waals surface area contributed by atoms with Crippen molar-refractivity contribution in [1.82, 2.24) is 0 Å². The molecule has 122 valence electrons. The second-order valence-electron chi connectivity index (χ2n) is 5.92.